The first-order chi connectivity index (χ1) is 8.76. The molecule has 0 unspecified atom stereocenters. The van der Waals surface area contributed by atoms with Gasteiger partial charge < -0.3 is 9.88 Å². The fourth-order valence-electron chi connectivity index (χ4n) is 2.52. The number of benzene rings is 1. The topological polar surface area (TPSA) is 17.0 Å². The second-order valence-electron chi connectivity index (χ2n) is 4.93. The summed E-state index contributed by atoms with van der Waals surface area (Å²) in [6.45, 7) is 6.55. The number of aryl methyl sites for hydroxylation is 3. The minimum atomic E-state index is 1.07. The van der Waals surface area contributed by atoms with Crippen LogP contribution in [0.5, 0.6) is 0 Å². The molecule has 1 N–H and O–H groups in total. The molecular formula is C16H24N2. The van der Waals surface area contributed by atoms with E-state index in [2.05, 4.69) is 55.2 Å². The molecule has 2 nitrogen and oxygen atoms in total. The van der Waals surface area contributed by atoms with E-state index in [1.54, 1.807) is 0 Å². The zero-order chi connectivity index (χ0) is 13.0. The highest BCUT2D eigenvalue weighted by molar-refractivity contribution is 5.84. The zero-order valence-corrected chi connectivity index (χ0v) is 11.8. The van der Waals surface area contributed by atoms with Crippen LogP contribution >= 0.6 is 0 Å². The maximum atomic E-state index is 3.39. The molecule has 18 heavy (non-hydrogen) atoms. The molecule has 0 aliphatic carbocycles. The highest BCUT2D eigenvalue weighted by Crippen LogP contribution is 2.23. The Bertz CT molecular complexity index is 511. The van der Waals surface area contributed by atoms with Gasteiger partial charge in [-0.15, -0.1) is 0 Å². The lowest BCUT2D eigenvalue weighted by molar-refractivity contribution is 0.673. The van der Waals surface area contributed by atoms with Crippen molar-refractivity contribution in [3.63, 3.8) is 0 Å². The van der Waals surface area contributed by atoms with Crippen molar-refractivity contribution in [2.45, 2.75) is 33.1 Å². The van der Waals surface area contributed by atoms with Gasteiger partial charge in [-0.2, -0.15) is 0 Å². The summed E-state index contributed by atoms with van der Waals surface area (Å²) in [5.74, 6) is 0. The van der Waals surface area contributed by atoms with Crippen LogP contribution in [-0.4, -0.2) is 17.7 Å². The van der Waals surface area contributed by atoms with Gasteiger partial charge in [0, 0.05) is 24.1 Å². The molecule has 0 amide bonds. The van der Waals surface area contributed by atoms with Crippen LogP contribution in [0.15, 0.2) is 24.4 Å². The monoisotopic (exact) mass is 244 g/mol. The molecule has 0 saturated carbocycles. The molecule has 1 aromatic carbocycles. The van der Waals surface area contributed by atoms with E-state index in [4.69, 9.17) is 0 Å². The maximum absolute atomic E-state index is 3.39. The summed E-state index contributed by atoms with van der Waals surface area (Å²) in [4.78, 5) is 0. The Morgan fingerprint density at radius 3 is 2.78 bits per heavy atom. The third-order valence-corrected chi connectivity index (χ3v) is 3.59. The summed E-state index contributed by atoms with van der Waals surface area (Å²) >= 11 is 0. The number of hydrogen-bond donors (Lipinski definition) is 1. The third kappa shape index (κ3) is 2.75. The first-order valence-electron chi connectivity index (χ1n) is 7.03. The van der Waals surface area contributed by atoms with Crippen LogP contribution < -0.4 is 5.32 Å². The molecule has 2 rings (SSSR count). The summed E-state index contributed by atoms with van der Waals surface area (Å²) in [6.07, 6.45) is 5.78. The standard InChI is InChI=1S/C16H24N2/c1-4-13-8-9-16-15(11-13)14(12-18(16)3)7-6-10-17-5-2/h8-9,11-12,17H,4-7,10H2,1-3H3. The lowest BCUT2D eigenvalue weighted by atomic mass is 10.0. The van der Waals surface area contributed by atoms with E-state index in [0.717, 1.165) is 25.9 Å². The summed E-state index contributed by atoms with van der Waals surface area (Å²) < 4.78 is 2.25. The van der Waals surface area contributed by atoms with Crippen LogP contribution in [0, 0.1) is 0 Å². The molecule has 0 saturated heterocycles. The van der Waals surface area contributed by atoms with Gasteiger partial charge in [0.25, 0.3) is 0 Å². The van der Waals surface area contributed by atoms with Crippen LogP contribution in [0.25, 0.3) is 10.9 Å². The van der Waals surface area contributed by atoms with E-state index >= 15 is 0 Å². The van der Waals surface area contributed by atoms with E-state index in [-0.39, 0.29) is 0 Å². The molecule has 0 atom stereocenters. The number of nitrogens with one attached hydrogen (secondary N) is 1. The van der Waals surface area contributed by atoms with Crippen molar-refractivity contribution in [1.29, 1.82) is 0 Å². The lowest BCUT2D eigenvalue weighted by Crippen LogP contribution is -2.14. The van der Waals surface area contributed by atoms with Crippen LogP contribution in [-0.2, 0) is 19.9 Å². The van der Waals surface area contributed by atoms with Crippen molar-refractivity contribution in [3.8, 4) is 0 Å². The van der Waals surface area contributed by atoms with E-state index in [1.807, 2.05) is 0 Å². The number of nitrogens with zero attached hydrogens (tertiary/aromatic N) is 1. The number of aromatic nitrogens is 1. The Labute approximate surface area is 110 Å². The molecule has 0 spiro atoms. The second-order valence-corrected chi connectivity index (χ2v) is 4.93. The Morgan fingerprint density at radius 1 is 1.22 bits per heavy atom. The first kappa shape index (κ1) is 13.2. The Balaban J connectivity index is 2.21. The van der Waals surface area contributed by atoms with Crippen LogP contribution in [0.3, 0.4) is 0 Å². The van der Waals surface area contributed by atoms with Crippen molar-refractivity contribution in [3.05, 3.63) is 35.5 Å². The molecule has 0 bridgehead atoms. The van der Waals surface area contributed by atoms with Gasteiger partial charge in [0.2, 0.25) is 0 Å². The first-order valence-corrected chi connectivity index (χ1v) is 7.03. The van der Waals surface area contributed by atoms with Crippen molar-refractivity contribution >= 4 is 10.9 Å². The Morgan fingerprint density at radius 2 is 2.06 bits per heavy atom. The highest BCUT2D eigenvalue weighted by Gasteiger charge is 2.06. The molecule has 0 aliphatic heterocycles. The van der Waals surface area contributed by atoms with Gasteiger partial charge in [-0.05, 0) is 55.6 Å². The van der Waals surface area contributed by atoms with Crippen molar-refractivity contribution in [2.24, 2.45) is 7.05 Å². The van der Waals surface area contributed by atoms with Crippen molar-refractivity contribution in [2.75, 3.05) is 13.1 Å². The summed E-state index contributed by atoms with van der Waals surface area (Å²) in [6, 6.07) is 6.85. The van der Waals surface area contributed by atoms with Gasteiger partial charge in [-0.3, -0.25) is 0 Å². The Hall–Kier alpha value is -1.28. The minimum Gasteiger partial charge on any atom is -0.350 e. The van der Waals surface area contributed by atoms with Crippen LogP contribution in [0.2, 0.25) is 0 Å². The molecule has 0 radical (unpaired) electrons. The van der Waals surface area contributed by atoms with Gasteiger partial charge in [0.1, 0.15) is 0 Å². The van der Waals surface area contributed by atoms with Gasteiger partial charge in [0.15, 0.2) is 0 Å². The van der Waals surface area contributed by atoms with E-state index < -0.39 is 0 Å². The Kier molecular flexibility index (Phi) is 4.43. The molecular weight excluding hydrogens is 220 g/mol. The van der Waals surface area contributed by atoms with E-state index in [1.165, 1.54) is 28.5 Å². The molecule has 2 aromatic rings. The summed E-state index contributed by atoms with van der Waals surface area (Å²) in [7, 11) is 2.14. The van der Waals surface area contributed by atoms with Crippen LogP contribution in [0.1, 0.15) is 31.4 Å². The van der Waals surface area contributed by atoms with E-state index in [9.17, 15) is 0 Å². The number of hydrogen-bond acceptors (Lipinski definition) is 1. The fourth-order valence-corrected chi connectivity index (χ4v) is 2.52. The molecule has 1 aromatic heterocycles. The van der Waals surface area contributed by atoms with Crippen LogP contribution in [0.4, 0.5) is 0 Å². The average molecular weight is 244 g/mol. The fraction of sp³-hybridized carbons (Fsp3) is 0.500. The normalized spacial score (nSPS) is 11.3. The van der Waals surface area contributed by atoms with E-state index in [0.29, 0.717) is 0 Å². The predicted octanol–water partition coefficient (Wildman–Crippen LogP) is 3.28. The average Bonchev–Trinajstić information content (AvgIpc) is 2.71. The van der Waals surface area contributed by atoms with Crippen molar-refractivity contribution in [1.82, 2.24) is 9.88 Å². The molecule has 98 valence electrons. The second kappa shape index (κ2) is 6.05. The van der Waals surface area contributed by atoms with Gasteiger partial charge in [0.05, 0.1) is 0 Å². The van der Waals surface area contributed by atoms with Gasteiger partial charge >= 0.3 is 0 Å². The zero-order valence-electron chi connectivity index (χ0n) is 11.8. The largest absolute Gasteiger partial charge is 0.350 e. The summed E-state index contributed by atoms with van der Waals surface area (Å²) in [5.41, 5.74) is 4.27. The predicted molar refractivity (Wildman–Crippen MR) is 79.2 cm³/mol. The summed E-state index contributed by atoms with van der Waals surface area (Å²) in [5, 5.41) is 4.83. The molecule has 0 fully saturated rings. The number of fused-ring (bicyclic) bond motifs is 1. The quantitative estimate of drug-likeness (QED) is 0.772. The highest BCUT2D eigenvalue weighted by atomic mass is 14.9. The maximum Gasteiger partial charge on any atom is 0.0480 e. The smallest absolute Gasteiger partial charge is 0.0480 e. The number of rotatable bonds is 6. The van der Waals surface area contributed by atoms with Gasteiger partial charge in [-0.25, -0.2) is 0 Å². The SMILES string of the molecule is CCNCCCc1cn(C)c2ccc(CC)cc12. The van der Waals surface area contributed by atoms with Crippen molar-refractivity contribution < 1.29 is 0 Å². The molecule has 1 heterocycles. The minimum absolute atomic E-state index is 1.07. The molecule has 0 aliphatic rings. The lowest BCUT2D eigenvalue weighted by Gasteiger charge is -2.02. The van der Waals surface area contributed by atoms with Gasteiger partial charge in [-0.1, -0.05) is 19.9 Å². The third-order valence-electron chi connectivity index (χ3n) is 3.59. The molecule has 2 heteroatoms.